The Hall–Kier alpha value is -1.79. The first-order valence-corrected chi connectivity index (χ1v) is 6.33. The molecule has 0 fully saturated rings. The molecule has 6 nitrogen and oxygen atoms in total. The van der Waals surface area contributed by atoms with E-state index in [1.807, 2.05) is 0 Å². The van der Waals surface area contributed by atoms with Crippen molar-refractivity contribution < 1.29 is 19.5 Å². The highest BCUT2D eigenvalue weighted by Crippen LogP contribution is 2.25. The predicted molar refractivity (Wildman–Crippen MR) is 74.0 cm³/mol. The summed E-state index contributed by atoms with van der Waals surface area (Å²) in [5.74, 6) is -2.36. The lowest BCUT2D eigenvalue weighted by Crippen LogP contribution is -2.46. The Labute approximate surface area is 125 Å². The lowest BCUT2D eigenvalue weighted by molar-refractivity contribution is -0.138. The fraction of sp³-hybridized carbons (Fsp3) is 0.250. The second-order valence-electron chi connectivity index (χ2n) is 3.91. The average Bonchev–Trinajstić information content (AvgIpc) is 2.38. The fourth-order valence-corrected chi connectivity index (χ4v) is 1.72. The number of hydrogen-bond donors (Lipinski definition) is 3. The molecule has 0 aromatic heterocycles. The second kappa shape index (κ2) is 7.12. The summed E-state index contributed by atoms with van der Waals surface area (Å²) in [6.07, 6.45) is 0. The van der Waals surface area contributed by atoms with E-state index in [0.717, 1.165) is 0 Å². The van der Waals surface area contributed by atoms with Crippen LogP contribution in [0.1, 0.15) is 17.3 Å². The lowest BCUT2D eigenvalue weighted by Gasteiger charge is -2.14. The van der Waals surface area contributed by atoms with Gasteiger partial charge in [0.2, 0.25) is 5.91 Å². The van der Waals surface area contributed by atoms with E-state index in [-0.39, 0.29) is 15.6 Å². The van der Waals surface area contributed by atoms with Crippen LogP contribution in [0.4, 0.5) is 0 Å². The average molecular weight is 319 g/mol. The third-order valence-electron chi connectivity index (χ3n) is 2.35. The van der Waals surface area contributed by atoms with Gasteiger partial charge in [-0.3, -0.25) is 14.4 Å². The molecule has 20 heavy (non-hydrogen) atoms. The Bertz CT molecular complexity index is 548. The monoisotopic (exact) mass is 318 g/mol. The quantitative estimate of drug-likeness (QED) is 0.762. The van der Waals surface area contributed by atoms with Gasteiger partial charge in [-0.1, -0.05) is 29.3 Å². The van der Waals surface area contributed by atoms with Crippen molar-refractivity contribution in [2.45, 2.75) is 13.0 Å². The molecule has 8 heteroatoms. The summed E-state index contributed by atoms with van der Waals surface area (Å²) in [4.78, 5) is 33.8. The highest BCUT2D eigenvalue weighted by molar-refractivity contribution is 6.43. The first-order chi connectivity index (χ1) is 9.32. The van der Waals surface area contributed by atoms with Crippen LogP contribution in [0, 0.1) is 0 Å². The van der Waals surface area contributed by atoms with Gasteiger partial charge in [-0.25, -0.2) is 0 Å². The first-order valence-electron chi connectivity index (χ1n) is 5.57. The molecule has 0 spiro atoms. The molecule has 1 rings (SSSR count). The molecule has 0 bridgehead atoms. The summed E-state index contributed by atoms with van der Waals surface area (Å²) in [5, 5.41) is 13.3. The van der Waals surface area contributed by atoms with Crippen LogP contribution in [0.25, 0.3) is 0 Å². The van der Waals surface area contributed by atoms with Crippen molar-refractivity contribution in [1.29, 1.82) is 0 Å². The number of amides is 2. The molecular weight excluding hydrogens is 307 g/mol. The van der Waals surface area contributed by atoms with Crippen LogP contribution in [0.15, 0.2) is 18.2 Å². The number of carboxylic acids is 1. The number of benzene rings is 1. The molecule has 0 saturated heterocycles. The molecule has 0 aliphatic heterocycles. The van der Waals surface area contributed by atoms with E-state index in [0.29, 0.717) is 0 Å². The Balaban J connectivity index is 2.68. The van der Waals surface area contributed by atoms with Crippen molar-refractivity contribution in [3.63, 3.8) is 0 Å². The maximum atomic E-state index is 11.9. The summed E-state index contributed by atoms with van der Waals surface area (Å²) in [5.41, 5.74) is 0.136. The van der Waals surface area contributed by atoms with Gasteiger partial charge in [-0.15, -0.1) is 0 Å². The van der Waals surface area contributed by atoms with E-state index in [2.05, 4.69) is 10.6 Å². The molecule has 0 heterocycles. The minimum atomic E-state index is -1.17. The predicted octanol–water partition coefficient (Wildman–Crippen LogP) is 1.31. The second-order valence-corrected chi connectivity index (χ2v) is 4.69. The van der Waals surface area contributed by atoms with Crippen molar-refractivity contribution in [2.75, 3.05) is 6.54 Å². The molecule has 1 aromatic carbocycles. The highest BCUT2D eigenvalue weighted by atomic mass is 35.5. The van der Waals surface area contributed by atoms with E-state index in [1.54, 1.807) is 6.07 Å². The first kappa shape index (κ1) is 16.3. The third kappa shape index (κ3) is 4.40. The number of hydrogen-bond acceptors (Lipinski definition) is 3. The van der Waals surface area contributed by atoms with Crippen molar-refractivity contribution in [3.05, 3.63) is 33.8 Å². The highest BCUT2D eigenvalue weighted by Gasteiger charge is 2.19. The summed E-state index contributed by atoms with van der Waals surface area (Å²) in [7, 11) is 0. The number of carbonyl (C=O) groups is 3. The summed E-state index contributed by atoms with van der Waals surface area (Å²) in [6.45, 7) is 0.907. The normalized spacial score (nSPS) is 11.6. The number of rotatable bonds is 5. The topological polar surface area (TPSA) is 95.5 Å². The Morgan fingerprint density at radius 2 is 1.95 bits per heavy atom. The van der Waals surface area contributed by atoms with Crippen LogP contribution in [0.3, 0.4) is 0 Å². The van der Waals surface area contributed by atoms with Crippen LogP contribution in [0.2, 0.25) is 10.0 Å². The molecule has 0 saturated carbocycles. The van der Waals surface area contributed by atoms with Gasteiger partial charge in [-0.05, 0) is 19.1 Å². The Morgan fingerprint density at radius 3 is 2.55 bits per heavy atom. The summed E-state index contributed by atoms with van der Waals surface area (Å²) >= 11 is 11.7. The number of carbonyl (C=O) groups excluding carboxylic acids is 2. The number of nitrogens with one attached hydrogen (secondary N) is 2. The molecule has 3 N–H and O–H groups in total. The molecule has 108 valence electrons. The van der Waals surface area contributed by atoms with Gasteiger partial charge in [0.05, 0.1) is 15.6 Å². The van der Waals surface area contributed by atoms with Crippen LogP contribution in [-0.2, 0) is 9.59 Å². The van der Waals surface area contributed by atoms with Crippen LogP contribution in [0.5, 0.6) is 0 Å². The van der Waals surface area contributed by atoms with Gasteiger partial charge in [0.1, 0.15) is 12.6 Å². The van der Waals surface area contributed by atoms with E-state index >= 15 is 0 Å². The third-order valence-corrected chi connectivity index (χ3v) is 3.17. The van der Waals surface area contributed by atoms with E-state index < -0.39 is 30.4 Å². The van der Waals surface area contributed by atoms with Gasteiger partial charge < -0.3 is 15.7 Å². The number of halogens is 2. The molecule has 1 aromatic rings. The zero-order chi connectivity index (χ0) is 15.3. The molecule has 1 unspecified atom stereocenters. The largest absolute Gasteiger partial charge is 0.480 e. The van der Waals surface area contributed by atoms with Gasteiger partial charge in [-0.2, -0.15) is 0 Å². The maximum Gasteiger partial charge on any atom is 0.322 e. The van der Waals surface area contributed by atoms with Gasteiger partial charge >= 0.3 is 5.97 Å². The summed E-state index contributed by atoms with van der Waals surface area (Å²) < 4.78 is 0. The molecule has 0 radical (unpaired) electrons. The van der Waals surface area contributed by atoms with Crippen molar-refractivity contribution in [1.82, 2.24) is 10.6 Å². The van der Waals surface area contributed by atoms with E-state index in [9.17, 15) is 14.4 Å². The van der Waals surface area contributed by atoms with Gasteiger partial charge in [0.25, 0.3) is 5.91 Å². The van der Waals surface area contributed by atoms with Crippen molar-refractivity contribution in [2.24, 2.45) is 0 Å². The molecule has 0 aliphatic rings. The van der Waals surface area contributed by atoms with Crippen molar-refractivity contribution >= 4 is 41.0 Å². The zero-order valence-corrected chi connectivity index (χ0v) is 12.0. The standard InChI is InChI=1S/C12H12Cl2N2O4/c1-6(11(19)15-5-9(17)18)16-12(20)7-3-2-4-8(13)10(7)14/h2-4,6H,5H2,1H3,(H,15,19)(H,16,20)(H,17,18). The molecule has 2 amide bonds. The minimum Gasteiger partial charge on any atom is -0.480 e. The van der Waals surface area contributed by atoms with E-state index in [4.69, 9.17) is 28.3 Å². The SMILES string of the molecule is CC(NC(=O)c1cccc(Cl)c1Cl)C(=O)NCC(=O)O. The van der Waals surface area contributed by atoms with Crippen LogP contribution in [-0.4, -0.2) is 35.5 Å². The molecular formula is C12H12Cl2N2O4. The smallest absolute Gasteiger partial charge is 0.322 e. The molecule has 1 atom stereocenters. The number of aliphatic carboxylic acids is 1. The molecule has 0 aliphatic carbocycles. The Kier molecular flexibility index (Phi) is 5.79. The zero-order valence-electron chi connectivity index (χ0n) is 10.4. The van der Waals surface area contributed by atoms with Gasteiger partial charge in [0.15, 0.2) is 0 Å². The van der Waals surface area contributed by atoms with E-state index in [1.165, 1.54) is 19.1 Å². The summed E-state index contributed by atoms with van der Waals surface area (Å²) in [6, 6.07) is 3.64. The maximum absolute atomic E-state index is 11.9. The van der Waals surface area contributed by atoms with Crippen LogP contribution < -0.4 is 10.6 Å². The lowest BCUT2D eigenvalue weighted by atomic mass is 10.2. The van der Waals surface area contributed by atoms with Crippen LogP contribution >= 0.6 is 23.2 Å². The number of carboxylic acid groups (broad SMARTS) is 1. The van der Waals surface area contributed by atoms with Gasteiger partial charge in [0, 0.05) is 0 Å². The van der Waals surface area contributed by atoms with Crippen molar-refractivity contribution in [3.8, 4) is 0 Å². The Morgan fingerprint density at radius 1 is 1.30 bits per heavy atom. The minimum absolute atomic E-state index is 0.0878. The fourth-order valence-electron chi connectivity index (χ4n) is 1.33.